The fourth-order valence-electron chi connectivity index (χ4n) is 0.598. The standard InChI is InChI=1S/C7H8BrNS2/c8-6-1-2-7(9-5-6)11-4-3-10/h1-2,5,10H,3-4H2. The maximum Gasteiger partial charge on any atom is 0.0960 e. The highest BCUT2D eigenvalue weighted by Crippen LogP contribution is 2.17. The zero-order valence-corrected chi connectivity index (χ0v) is 9.12. The lowest BCUT2D eigenvalue weighted by Crippen LogP contribution is -1.82. The minimum absolute atomic E-state index is 0.891. The number of hydrogen-bond donors (Lipinski definition) is 1. The fourth-order valence-corrected chi connectivity index (χ4v) is 1.70. The van der Waals surface area contributed by atoms with E-state index in [4.69, 9.17) is 0 Å². The van der Waals surface area contributed by atoms with Gasteiger partial charge in [0.15, 0.2) is 0 Å². The van der Waals surface area contributed by atoms with Crippen LogP contribution in [0.1, 0.15) is 0 Å². The highest BCUT2D eigenvalue weighted by molar-refractivity contribution is 9.10. The van der Waals surface area contributed by atoms with E-state index in [1.54, 1.807) is 18.0 Å². The van der Waals surface area contributed by atoms with Crippen LogP contribution in [0.5, 0.6) is 0 Å². The van der Waals surface area contributed by atoms with E-state index < -0.39 is 0 Å². The maximum atomic E-state index is 4.20. The second-order valence-electron chi connectivity index (χ2n) is 1.89. The van der Waals surface area contributed by atoms with Gasteiger partial charge in [0, 0.05) is 16.4 Å². The summed E-state index contributed by atoms with van der Waals surface area (Å²) in [6.07, 6.45) is 1.81. The van der Waals surface area contributed by atoms with Gasteiger partial charge in [0.2, 0.25) is 0 Å². The number of pyridine rings is 1. The summed E-state index contributed by atoms with van der Waals surface area (Å²) in [7, 11) is 0. The van der Waals surface area contributed by atoms with Gasteiger partial charge in [-0.15, -0.1) is 11.8 Å². The van der Waals surface area contributed by atoms with Crippen molar-refractivity contribution in [2.75, 3.05) is 11.5 Å². The van der Waals surface area contributed by atoms with Crippen molar-refractivity contribution in [3.05, 3.63) is 22.8 Å². The molecule has 11 heavy (non-hydrogen) atoms. The Labute approximate surface area is 84.5 Å². The summed E-state index contributed by atoms with van der Waals surface area (Å²) in [5.74, 6) is 1.90. The van der Waals surface area contributed by atoms with Crippen LogP contribution in [0.15, 0.2) is 27.8 Å². The van der Waals surface area contributed by atoms with Gasteiger partial charge in [0.05, 0.1) is 5.03 Å². The van der Waals surface area contributed by atoms with Crippen LogP contribution in [0, 0.1) is 0 Å². The monoisotopic (exact) mass is 249 g/mol. The van der Waals surface area contributed by atoms with Crippen LogP contribution in [-0.2, 0) is 0 Å². The topological polar surface area (TPSA) is 12.9 Å². The molecule has 0 fully saturated rings. The van der Waals surface area contributed by atoms with Gasteiger partial charge < -0.3 is 0 Å². The first kappa shape index (κ1) is 9.42. The maximum absolute atomic E-state index is 4.20. The molecule has 0 spiro atoms. The van der Waals surface area contributed by atoms with Crippen LogP contribution in [0.2, 0.25) is 0 Å². The van der Waals surface area contributed by atoms with Gasteiger partial charge in [-0.25, -0.2) is 4.98 Å². The number of hydrogen-bond acceptors (Lipinski definition) is 3. The first-order valence-corrected chi connectivity index (χ1v) is 5.59. The van der Waals surface area contributed by atoms with E-state index in [0.717, 1.165) is 21.0 Å². The molecule has 0 saturated carbocycles. The summed E-state index contributed by atoms with van der Waals surface area (Å²) in [6, 6.07) is 3.99. The van der Waals surface area contributed by atoms with Gasteiger partial charge in [0.1, 0.15) is 0 Å². The lowest BCUT2D eigenvalue weighted by Gasteiger charge is -1.96. The molecule has 0 radical (unpaired) electrons. The average molecular weight is 250 g/mol. The van der Waals surface area contributed by atoms with Crippen LogP contribution >= 0.6 is 40.3 Å². The molecule has 0 bridgehead atoms. The Morgan fingerprint density at radius 2 is 2.36 bits per heavy atom. The number of aromatic nitrogens is 1. The van der Waals surface area contributed by atoms with Crippen molar-refractivity contribution in [2.24, 2.45) is 0 Å². The van der Waals surface area contributed by atoms with Gasteiger partial charge in [-0.2, -0.15) is 12.6 Å². The fraction of sp³-hybridized carbons (Fsp3) is 0.286. The minimum atomic E-state index is 0.891. The summed E-state index contributed by atoms with van der Waals surface area (Å²) in [5.41, 5.74) is 0. The number of thioether (sulfide) groups is 1. The summed E-state index contributed by atoms with van der Waals surface area (Å²) < 4.78 is 1.02. The SMILES string of the molecule is SCCSc1ccc(Br)cn1. The zero-order valence-electron chi connectivity index (χ0n) is 5.83. The van der Waals surface area contributed by atoms with Crippen molar-refractivity contribution in [3.8, 4) is 0 Å². The first-order valence-electron chi connectivity index (χ1n) is 3.18. The molecule has 0 saturated heterocycles. The molecule has 0 amide bonds. The molecule has 0 aromatic carbocycles. The molecule has 4 heteroatoms. The third-order valence-electron chi connectivity index (χ3n) is 1.04. The molecule has 0 aliphatic carbocycles. The third kappa shape index (κ3) is 3.49. The molecule has 0 N–H and O–H groups in total. The molecular formula is C7H8BrNS2. The van der Waals surface area contributed by atoms with Crippen LogP contribution in [0.25, 0.3) is 0 Å². The average Bonchev–Trinajstić information content (AvgIpc) is 2.04. The smallest absolute Gasteiger partial charge is 0.0960 e. The van der Waals surface area contributed by atoms with Crippen LogP contribution in [0.3, 0.4) is 0 Å². The van der Waals surface area contributed by atoms with E-state index in [1.807, 2.05) is 12.1 Å². The third-order valence-corrected chi connectivity index (χ3v) is 2.98. The van der Waals surface area contributed by atoms with Gasteiger partial charge in [0.25, 0.3) is 0 Å². The van der Waals surface area contributed by atoms with E-state index in [-0.39, 0.29) is 0 Å². The number of thiol groups is 1. The summed E-state index contributed by atoms with van der Waals surface area (Å²) >= 11 is 9.16. The largest absolute Gasteiger partial charge is 0.249 e. The molecule has 0 unspecified atom stereocenters. The molecule has 1 heterocycles. The Balaban J connectivity index is 2.52. The molecule has 1 nitrogen and oxygen atoms in total. The summed E-state index contributed by atoms with van der Waals surface area (Å²) in [6.45, 7) is 0. The van der Waals surface area contributed by atoms with Crippen LogP contribution < -0.4 is 0 Å². The minimum Gasteiger partial charge on any atom is -0.249 e. The van der Waals surface area contributed by atoms with Gasteiger partial charge in [-0.1, -0.05) is 0 Å². The molecule has 1 aromatic rings. The predicted octanol–water partition coefficient (Wildman–Crippen LogP) is 2.87. The zero-order chi connectivity index (χ0) is 8.10. The van der Waals surface area contributed by atoms with Gasteiger partial charge in [-0.3, -0.25) is 0 Å². The van der Waals surface area contributed by atoms with E-state index in [0.29, 0.717) is 0 Å². The van der Waals surface area contributed by atoms with Crippen molar-refractivity contribution in [2.45, 2.75) is 5.03 Å². The van der Waals surface area contributed by atoms with Crippen LogP contribution in [-0.4, -0.2) is 16.5 Å². The highest BCUT2D eigenvalue weighted by atomic mass is 79.9. The summed E-state index contributed by atoms with van der Waals surface area (Å²) in [5, 5.41) is 1.06. The Morgan fingerprint density at radius 1 is 1.55 bits per heavy atom. The van der Waals surface area contributed by atoms with E-state index in [2.05, 4.69) is 33.5 Å². The molecular weight excluding hydrogens is 242 g/mol. The van der Waals surface area contributed by atoms with Gasteiger partial charge >= 0.3 is 0 Å². The normalized spacial score (nSPS) is 10.0. The molecule has 1 rings (SSSR count). The molecule has 60 valence electrons. The molecule has 0 aliphatic heterocycles. The Hall–Kier alpha value is 0.330. The lowest BCUT2D eigenvalue weighted by atomic mass is 10.5. The Morgan fingerprint density at radius 3 is 2.91 bits per heavy atom. The number of rotatable bonds is 3. The van der Waals surface area contributed by atoms with Crippen molar-refractivity contribution in [1.29, 1.82) is 0 Å². The Bertz CT molecular complexity index is 212. The second-order valence-corrected chi connectivity index (χ2v) is 4.36. The lowest BCUT2D eigenvalue weighted by molar-refractivity contribution is 1.12. The quantitative estimate of drug-likeness (QED) is 0.654. The molecule has 0 atom stereocenters. The van der Waals surface area contributed by atoms with Crippen molar-refractivity contribution >= 4 is 40.3 Å². The first-order chi connectivity index (χ1) is 5.33. The predicted molar refractivity (Wildman–Crippen MR) is 56.5 cm³/mol. The van der Waals surface area contributed by atoms with Crippen molar-refractivity contribution in [1.82, 2.24) is 4.98 Å². The highest BCUT2D eigenvalue weighted by Gasteiger charge is 1.92. The second kappa shape index (κ2) is 5.06. The molecule has 0 aliphatic rings. The Kier molecular flexibility index (Phi) is 4.33. The number of halogens is 1. The number of nitrogens with zero attached hydrogens (tertiary/aromatic N) is 1. The van der Waals surface area contributed by atoms with E-state index in [9.17, 15) is 0 Å². The van der Waals surface area contributed by atoms with Crippen LogP contribution in [0.4, 0.5) is 0 Å². The van der Waals surface area contributed by atoms with Crippen molar-refractivity contribution in [3.63, 3.8) is 0 Å². The van der Waals surface area contributed by atoms with E-state index in [1.165, 1.54) is 0 Å². The van der Waals surface area contributed by atoms with Crippen molar-refractivity contribution < 1.29 is 0 Å². The van der Waals surface area contributed by atoms with Gasteiger partial charge in [-0.05, 0) is 33.8 Å². The molecule has 1 aromatic heterocycles. The van der Waals surface area contributed by atoms with E-state index >= 15 is 0 Å². The summed E-state index contributed by atoms with van der Waals surface area (Å²) in [4.78, 5) is 4.20.